The highest BCUT2D eigenvalue weighted by molar-refractivity contribution is 6.04. The van der Waals surface area contributed by atoms with Gasteiger partial charge in [0.05, 0.1) is 30.9 Å². The molecule has 0 saturated carbocycles. The van der Waals surface area contributed by atoms with Crippen molar-refractivity contribution in [1.82, 2.24) is 15.2 Å². The summed E-state index contributed by atoms with van der Waals surface area (Å²) in [6, 6.07) is 8.04. The lowest BCUT2D eigenvalue weighted by Crippen LogP contribution is -2.55. The molecule has 5 atom stereocenters. The number of oxazole rings is 1. The average Bonchev–Trinajstić information content (AvgIpc) is 3.17. The van der Waals surface area contributed by atoms with Crippen molar-refractivity contribution < 1.29 is 13.9 Å². The number of anilines is 1. The Morgan fingerprint density at radius 3 is 2.74 bits per heavy atom. The standard InChI is InChI=1S/C24H34N4O3/c1-4-17-14-30-13-15(2)28(17)24-26-22-20(9-6-10-21(22)31-24)23(29)25-16-11-18-7-5-8-19(12-16)27(18)3/h6,9-10,15-19H,4-5,7-8,11-14H2,1-3H3,(H,25,29)/t15-,16?,17-,18-,19+/m0/s1. The lowest BCUT2D eigenvalue weighted by Gasteiger charge is -2.47. The fourth-order valence-electron chi connectivity index (χ4n) is 5.78. The minimum atomic E-state index is -0.0415. The van der Waals surface area contributed by atoms with Crippen LogP contribution < -0.4 is 10.2 Å². The van der Waals surface area contributed by atoms with Gasteiger partial charge in [0.25, 0.3) is 11.9 Å². The Morgan fingerprint density at radius 1 is 1.23 bits per heavy atom. The van der Waals surface area contributed by atoms with Crippen LogP contribution in [0, 0.1) is 0 Å². The van der Waals surface area contributed by atoms with E-state index in [0.717, 1.165) is 19.3 Å². The van der Waals surface area contributed by atoms with Crippen molar-refractivity contribution in [2.75, 3.05) is 25.2 Å². The molecule has 31 heavy (non-hydrogen) atoms. The number of rotatable bonds is 4. The van der Waals surface area contributed by atoms with Gasteiger partial charge in [-0.25, -0.2) is 0 Å². The lowest BCUT2D eigenvalue weighted by atomic mass is 9.82. The number of aromatic nitrogens is 1. The summed E-state index contributed by atoms with van der Waals surface area (Å²) in [6.45, 7) is 5.60. The highest BCUT2D eigenvalue weighted by Crippen LogP contribution is 2.33. The number of ether oxygens (including phenoxy) is 1. The summed E-state index contributed by atoms with van der Waals surface area (Å²) >= 11 is 0. The maximum atomic E-state index is 13.3. The number of fused-ring (bicyclic) bond motifs is 3. The minimum Gasteiger partial charge on any atom is -0.423 e. The smallest absolute Gasteiger partial charge is 0.299 e. The molecule has 3 fully saturated rings. The number of benzene rings is 1. The van der Waals surface area contributed by atoms with E-state index in [-0.39, 0.29) is 24.0 Å². The van der Waals surface area contributed by atoms with Crippen LogP contribution in [0.1, 0.15) is 62.7 Å². The van der Waals surface area contributed by atoms with E-state index in [1.165, 1.54) is 19.3 Å². The molecule has 0 spiro atoms. The molecule has 3 saturated heterocycles. The van der Waals surface area contributed by atoms with Gasteiger partial charge in [-0.05, 0) is 58.2 Å². The van der Waals surface area contributed by atoms with Crippen LogP contribution in [-0.4, -0.2) is 66.3 Å². The van der Waals surface area contributed by atoms with E-state index in [0.29, 0.717) is 48.0 Å². The molecule has 3 aliphatic heterocycles. The number of hydrogen-bond acceptors (Lipinski definition) is 6. The quantitative estimate of drug-likeness (QED) is 0.806. The number of nitrogens with zero attached hydrogens (tertiary/aromatic N) is 3. The van der Waals surface area contributed by atoms with Crippen molar-refractivity contribution in [3.05, 3.63) is 23.8 Å². The van der Waals surface area contributed by atoms with Gasteiger partial charge in [-0.15, -0.1) is 0 Å². The second-order valence-corrected chi connectivity index (χ2v) is 9.55. The molecule has 1 aromatic heterocycles. The molecular weight excluding hydrogens is 392 g/mol. The largest absolute Gasteiger partial charge is 0.423 e. The SMILES string of the molecule is CC[C@H]1COC[C@H](C)N1c1nc2c(C(=O)NC3C[C@H]4CCC[C@@H](C3)N4C)cccc2o1. The summed E-state index contributed by atoms with van der Waals surface area (Å²) in [7, 11) is 2.24. The number of nitrogens with one attached hydrogen (secondary N) is 1. The fraction of sp³-hybridized carbons (Fsp3) is 0.667. The van der Waals surface area contributed by atoms with Gasteiger partial charge in [0.15, 0.2) is 5.58 Å². The summed E-state index contributed by atoms with van der Waals surface area (Å²) in [5.74, 6) is -0.0415. The van der Waals surface area contributed by atoms with E-state index < -0.39 is 0 Å². The van der Waals surface area contributed by atoms with Gasteiger partial charge in [0.1, 0.15) is 5.52 Å². The number of morpholine rings is 1. The second-order valence-electron chi connectivity index (χ2n) is 9.55. The summed E-state index contributed by atoms with van der Waals surface area (Å²) in [6.07, 6.45) is 6.79. The molecule has 7 heteroatoms. The third-order valence-corrected chi connectivity index (χ3v) is 7.56. The molecule has 2 aromatic rings. The summed E-state index contributed by atoms with van der Waals surface area (Å²) in [4.78, 5) is 22.8. The highest BCUT2D eigenvalue weighted by Gasteiger charge is 2.37. The van der Waals surface area contributed by atoms with Gasteiger partial charge in [-0.3, -0.25) is 4.79 Å². The van der Waals surface area contributed by atoms with Crippen molar-refractivity contribution in [3.63, 3.8) is 0 Å². The predicted octanol–water partition coefficient (Wildman–Crippen LogP) is 3.58. The zero-order valence-electron chi connectivity index (χ0n) is 18.8. The fourth-order valence-corrected chi connectivity index (χ4v) is 5.78. The maximum Gasteiger partial charge on any atom is 0.299 e. The molecule has 3 aliphatic rings. The van der Waals surface area contributed by atoms with E-state index in [9.17, 15) is 4.79 Å². The Bertz CT molecular complexity index is 930. The molecule has 1 unspecified atom stereocenters. The topological polar surface area (TPSA) is 70.8 Å². The number of carbonyl (C=O) groups excluding carboxylic acids is 1. The normalized spacial score (nSPS) is 31.7. The Kier molecular flexibility index (Phi) is 5.65. The van der Waals surface area contributed by atoms with Crippen LogP contribution in [0.5, 0.6) is 0 Å². The van der Waals surface area contributed by atoms with E-state index in [1.54, 1.807) is 0 Å². The summed E-state index contributed by atoms with van der Waals surface area (Å²) in [5, 5.41) is 3.31. The molecule has 1 amide bonds. The van der Waals surface area contributed by atoms with Crippen LogP contribution in [0.15, 0.2) is 22.6 Å². The van der Waals surface area contributed by atoms with E-state index in [2.05, 4.69) is 36.0 Å². The Balaban J connectivity index is 1.38. The van der Waals surface area contributed by atoms with Crippen LogP contribution >= 0.6 is 0 Å². The Hall–Kier alpha value is -2.12. The predicted molar refractivity (Wildman–Crippen MR) is 121 cm³/mol. The molecule has 0 radical (unpaired) electrons. The van der Waals surface area contributed by atoms with Crippen molar-refractivity contribution in [1.29, 1.82) is 0 Å². The van der Waals surface area contributed by atoms with Gasteiger partial charge in [-0.2, -0.15) is 4.98 Å². The first-order valence-electron chi connectivity index (χ1n) is 11.8. The summed E-state index contributed by atoms with van der Waals surface area (Å²) in [5.41, 5.74) is 1.92. The van der Waals surface area contributed by atoms with Crippen LogP contribution in [0.2, 0.25) is 0 Å². The molecule has 5 rings (SSSR count). The van der Waals surface area contributed by atoms with Gasteiger partial charge in [0.2, 0.25) is 0 Å². The molecule has 168 valence electrons. The summed E-state index contributed by atoms with van der Waals surface area (Å²) < 4.78 is 11.9. The number of hydrogen-bond donors (Lipinski definition) is 1. The first-order valence-corrected chi connectivity index (χ1v) is 11.8. The number of amides is 1. The number of para-hydroxylation sites is 1. The second kappa shape index (κ2) is 8.43. The Labute approximate surface area is 184 Å². The number of carbonyl (C=O) groups is 1. The lowest BCUT2D eigenvalue weighted by molar-refractivity contribution is 0.0463. The van der Waals surface area contributed by atoms with Gasteiger partial charge >= 0.3 is 0 Å². The first kappa shape index (κ1) is 20.8. The van der Waals surface area contributed by atoms with Crippen LogP contribution in [0.3, 0.4) is 0 Å². The maximum absolute atomic E-state index is 13.3. The number of piperidine rings is 2. The van der Waals surface area contributed by atoms with Crippen molar-refractivity contribution in [3.8, 4) is 0 Å². The third-order valence-electron chi connectivity index (χ3n) is 7.56. The van der Waals surface area contributed by atoms with E-state index in [4.69, 9.17) is 14.1 Å². The third kappa shape index (κ3) is 3.82. The first-order chi connectivity index (χ1) is 15.0. The molecule has 2 bridgehead atoms. The monoisotopic (exact) mass is 426 g/mol. The molecule has 1 N–H and O–H groups in total. The minimum absolute atomic E-state index is 0.0415. The molecular formula is C24H34N4O3. The molecule has 1 aromatic carbocycles. The molecule has 7 nitrogen and oxygen atoms in total. The van der Waals surface area contributed by atoms with Crippen molar-refractivity contribution >= 4 is 23.0 Å². The zero-order chi connectivity index (χ0) is 21.5. The van der Waals surface area contributed by atoms with Gasteiger partial charge < -0.3 is 24.3 Å². The highest BCUT2D eigenvalue weighted by atomic mass is 16.5. The van der Waals surface area contributed by atoms with E-state index in [1.807, 2.05) is 18.2 Å². The molecule has 0 aliphatic carbocycles. The van der Waals surface area contributed by atoms with Gasteiger partial charge in [-0.1, -0.05) is 19.4 Å². The van der Waals surface area contributed by atoms with Crippen LogP contribution in [-0.2, 0) is 4.74 Å². The van der Waals surface area contributed by atoms with Crippen LogP contribution in [0.4, 0.5) is 6.01 Å². The van der Waals surface area contributed by atoms with Crippen molar-refractivity contribution in [2.24, 2.45) is 0 Å². The van der Waals surface area contributed by atoms with Crippen molar-refractivity contribution in [2.45, 2.75) is 82.6 Å². The zero-order valence-corrected chi connectivity index (χ0v) is 18.8. The average molecular weight is 427 g/mol. The van der Waals surface area contributed by atoms with E-state index >= 15 is 0 Å². The molecule has 4 heterocycles. The van der Waals surface area contributed by atoms with Crippen LogP contribution in [0.25, 0.3) is 11.1 Å². The van der Waals surface area contributed by atoms with Gasteiger partial charge in [0, 0.05) is 18.1 Å². The Morgan fingerprint density at radius 2 is 2.00 bits per heavy atom.